The predicted octanol–water partition coefficient (Wildman–Crippen LogP) is -0.465. The number of carbonyl (C=O) groups is 1. The van der Waals surface area contributed by atoms with Crippen molar-refractivity contribution in [1.82, 2.24) is 5.32 Å². The maximum Gasteiger partial charge on any atom is 0.266 e. The summed E-state index contributed by atoms with van der Waals surface area (Å²) in [5.74, 6) is -0.0417. The van der Waals surface area contributed by atoms with E-state index in [-0.39, 0.29) is 5.91 Å². The fourth-order valence-electron chi connectivity index (χ4n) is 0.430. The number of hydrogen-bond acceptors (Lipinski definition) is 2. The van der Waals surface area contributed by atoms with Gasteiger partial charge in [0.25, 0.3) is 5.91 Å². The molecule has 0 fully saturated rings. The van der Waals surface area contributed by atoms with Crippen LogP contribution < -0.4 is 5.32 Å². The van der Waals surface area contributed by atoms with Crippen LogP contribution in [0.1, 0.15) is 6.92 Å². The minimum atomic E-state index is -0.0417. The van der Waals surface area contributed by atoms with Crippen molar-refractivity contribution < 1.29 is 4.79 Å². The molecule has 0 aromatic heterocycles. The molecule has 0 aromatic rings. The molecule has 1 amide bonds. The first kappa shape index (κ1) is 4.30. The van der Waals surface area contributed by atoms with Crippen LogP contribution >= 0.6 is 0 Å². The van der Waals surface area contributed by atoms with Crippen molar-refractivity contribution in [3.63, 3.8) is 0 Å². The molecule has 7 heavy (non-hydrogen) atoms. The molecule has 3 nitrogen and oxygen atoms in total. The molecule has 0 bridgehead atoms. The van der Waals surface area contributed by atoms with E-state index < -0.39 is 0 Å². The highest BCUT2D eigenvalue weighted by Crippen LogP contribution is 1.83. The molecule has 0 unspecified atom stereocenters. The van der Waals surface area contributed by atoms with Crippen LogP contribution in [-0.2, 0) is 4.79 Å². The minimum absolute atomic E-state index is 0.0417. The Morgan fingerprint density at radius 1 is 1.86 bits per heavy atom. The zero-order chi connectivity index (χ0) is 5.28. The summed E-state index contributed by atoms with van der Waals surface area (Å²) in [4.78, 5) is 14.1. The molecule has 0 atom stereocenters. The van der Waals surface area contributed by atoms with Gasteiger partial charge in [-0.05, 0) is 6.92 Å². The van der Waals surface area contributed by atoms with Gasteiger partial charge in [0.1, 0.15) is 6.67 Å². The largest absolute Gasteiger partial charge is 0.332 e. The standard InChI is InChI=1S/C4H6N2O/c1-3-4(7)6-2-5-3/h2H2,1H3,(H,6,7). The van der Waals surface area contributed by atoms with Crippen molar-refractivity contribution in [2.24, 2.45) is 4.99 Å². The van der Waals surface area contributed by atoms with Gasteiger partial charge in [-0.15, -0.1) is 0 Å². The minimum Gasteiger partial charge on any atom is -0.332 e. The van der Waals surface area contributed by atoms with E-state index in [4.69, 9.17) is 0 Å². The molecule has 0 saturated heterocycles. The number of carbonyl (C=O) groups excluding carboxylic acids is 1. The van der Waals surface area contributed by atoms with Crippen molar-refractivity contribution in [2.45, 2.75) is 6.92 Å². The van der Waals surface area contributed by atoms with Gasteiger partial charge in [0, 0.05) is 0 Å². The van der Waals surface area contributed by atoms with Crippen LogP contribution in [0.2, 0.25) is 0 Å². The third-order valence-electron chi connectivity index (χ3n) is 0.884. The van der Waals surface area contributed by atoms with E-state index in [2.05, 4.69) is 10.3 Å². The van der Waals surface area contributed by atoms with Gasteiger partial charge in [-0.2, -0.15) is 0 Å². The molecule has 1 rings (SSSR count). The first-order chi connectivity index (χ1) is 3.30. The third-order valence-corrected chi connectivity index (χ3v) is 0.884. The lowest BCUT2D eigenvalue weighted by Gasteiger charge is -1.82. The summed E-state index contributed by atoms with van der Waals surface area (Å²) in [6, 6.07) is 0. The van der Waals surface area contributed by atoms with Crippen LogP contribution in [0.15, 0.2) is 4.99 Å². The molecule has 38 valence electrons. The van der Waals surface area contributed by atoms with Gasteiger partial charge in [-0.25, -0.2) is 0 Å². The van der Waals surface area contributed by atoms with Gasteiger partial charge in [-0.3, -0.25) is 9.79 Å². The van der Waals surface area contributed by atoms with Crippen LogP contribution in [0.5, 0.6) is 0 Å². The van der Waals surface area contributed by atoms with E-state index in [0.29, 0.717) is 12.4 Å². The molecule has 0 saturated carbocycles. The molecule has 0 spiro atoms. The second kappa shape index (κ2) is 1.33. The first-order valence-corrected chi connectivity index (χ1v) is 2.10. The normalized spacial score (nSPS) is 19.0. The van der Waals surface area contributed by atoms with E-state index in [1.54, 1.807) is 6.92 Å². The molecule has 0 aliphatic carbocycles. The Balaban J connectivity index is 2.72. The van der Waals surface area contributed by atoms with Crippen molar-refractivity contribution in [3.05, 3.63) is 0 Å². The number of nitrogens with zero attached hydrogens (tertiary/aromatic N) is 1. The third kappa shape index (κ3) is 0.607. The number of rotatable bonds is 0. The second-order valence-corrected chi connectivity index (χ2v) is 1.41. The Morgan fingerprint density at radius 2 is 2.57 bits per heavy atom. The Hall–Kier alpha value is -0.860. The summed E-state index contributed by atoms with van der Waals surface area (Å²) >= 11 is 0. The Bertz CT molecular complexity index is 128. The van der Waals surface area contributed by atoms with Gasteiger partial charge in [0.15, 0.2) is 0 Å². The Labute approximate surface area is 41.4 Å². The summed E-state index contributed by atoms with van der Waals surface area (Å²) < 4.78 is 0. The number of hydrogen-bond donors (Lipinski definition) is 1. The molecular formula is C4H6N2O. The highest BCUT2D eigenvalue weighted by atomic mass is 16.2. The van der Waals surface area contributed by atoms with E-state index in [1.165, 1.54) is 0 Å². The molecule has 0 aromatic carbocycles. The van der Waals surface area contributed by atoms with E-state index >= 15 is 0 Å². The zero-order valence-corrected chi connectivity index (χ0v) is 4.06. The van der Waals surface area contributed by atoms with Gasteiger partial charge in [0.05, 0.1) is 5.71 Å². The number of amides is 1. The quantitative estimate of drug-likeness (QED) is 0.437. The van der Waals surface area contributed by atoms with Gasteiger partial charge >= 0.3 is 0 Å². The fourth-order valence-corrected chi connectivity index (χ4v) is 0.430. The molecule has 1 aliphatic rings. The molecule has 1 aliphatic heterocycles. The topological polar surface area (TPSA) is 41.5 Å². The van der Waals surface area contributed by atoms with Crippen molar-refractivity contribution >= 4 is 11.6 Å². The van der Waals surface area contributed by atoms with Gasteiger partial charge in [-0.1, -0.05) is 0 Å². The van der Waals surface area contributed by atoms with Crippen LogP contribution in [0.3, 0.4) is 0 Å². The molecule has 0 radical (unpaired) electrons. The lowest BCUT2D eigenvalue weighted by atomic mass is 10.4. The molecule has 3 heteroatoms. The van der Waals surface area contributed by atoms with Crippen LogP contribution in [0.4, 0.5) is 0 Å². The van der Waals surface area contributed by atoms with Crippen molar-refractivity contribution in [2.75, 3.05) is 6.67 Å². The summed E-state index contributed by atoms with van der Waals surface area (Å²) in [6.07, 6.45) is 0. The van der Waals surface area contributed by atoms with Crippen LogP contribution in [0.25, 0.3) is 0 Å². The fraction of sp³-hybridized carbons (Fsp3) is 0.500. The Morgan fingerprint density at radius 3 is 2.71 bits per heavy atom. The Kier molecular flexibility index (Phi) is 0.817. The summed E-state index contributed by atoms with van der Waals surface area (Å²) in [5.41, 5.74) is 0.583. The monoisotopic (exact) mass is 98.0 g/mol. The number of aliphatic imine (C=N–C) groups is 1. The van der Waals surface area contributed by atoms with E-state index in [9.17, 15) is 4.79 Å². The van der Waals surface area contributed by atoms with E-state index in [1.807, 2.05) is 0 Å². The van der Waals surface area contributed by atoms with Crippen molar-refractivity contribution in [3.8, 4) is 0 Å². The van der Waals surface area contributed by atoms with Crippen LogP contribution in [-0.4, -0.2) is 18.3 Å². The second-order valence-electron chi connectivity index (χ2n) is 1.41. The maximum atomic E-state index is 10.3. The van der Waals surface area contributed by atoms with Gasteiger partial charge in [0.2, 0.25) is 0 Å². The number of nitrogens with one attached hydrogen (secondary N) is 1. The summed E-state index contributed by atoms with van der Waals surface area (Å²) in [6.45, 7) is 2.16. The predicted molar refractivity (Wildman–Crippen MR) is 26.1 cm³/mol. The maximum absolute atomic E-state index is 10.3. The molecule has 1 N–H and O–H groups in total. The van der Waals surface area contributed by atoms with E-state index in [0.717, 1.165) is 0 Å². The molecule has 1 heterocycles. The summed E-state index contributed by atoms with van der Waals surface area (Å²) in [5, 5.41) is 2.53. The average Bonchev–Trinajstić information content (AvgIpc) is 1.91. The lowest BCUT2D eigenvalue weighted by Crippen LogP contribution is -2.20. The smallest absolute Gasteiger partial charge is 0.266 e. The highest BCUT2D eigenvalue weighted by Gasteiger charge is 2.08. The summed E-state index contributed by atoms with van der Waals surface area (Å²) in [7, 11) is 0. The zero-order valence-electron chi connectivity index (χ0n) is 4.06. The highest BCUT2D eigenvalue weighted by molar-refractivity contribution is 6.39. The van der Waals surface area contributed by atoms with Crippen molar-refractivity contribution in [1.29, 1.82) is 0 Å². The lowest BCUT2D eigenvalue weighted by molar-refractivity contribution is -0.114. The molecular weight excluding hydrogens is 92.1 g/mol. The first-order valence-electron chi connectivity index (χ1n) is 2.10. The van der Waals surface area contributed by atoms with Gasteiger partial charge < -0.3 is 5.32 Å². The SMILES string of the molecule is CC1=NCNC1=O. The average molecular weight is 98.1 g/mol. The van der Waals surface area contributed by atoms with Crippen LogP contribution in [0, 0.1) is 0 Å².